The summed E-state index contributed by atoms with van der Waals surface area (Å²) >= 11 is 0. The van der Waals surface area contributed by atoms with Gasteiger partial charge in [-0.1, -0.05) is 18.2 Å². The van der Waals surface area contributed by atoms with Crippen LogP contribution in [0.3, 0.4) is 0 Å². The van der Waals surface area contributed by atoms with Gasteiger partial charge in [-0.2, -0.15) is 0 Å². The van der Waals surface area contributed by atoms with Crippen LogP contribution in [-0.4, -0.2) is 23.6 Å². The van der Waals surface area contributed by atoms with E-state index in [0.717, 1.165) is 0 Å². The van der Waals surface area contributed by atoms with E-state index in [2.05, 4.69) is 4.98 Å². The maximum Gasteiger partial charge on any atom is 0.303 e. The van der Waals surface area contributed by atoms with Crippen molar-refractivity contribution in [3.8, 4) is 0 Å². The van der Waals surface area contributed by atoms with Crippen LogP contribution in [-0.2, 0) is 4.74 Å². The first kappa shape index (κ1) is 13.0. The quantitative estimate of drug-likeness (QED) is 0.672. The van der Waals surface area contributed by atoms with Gasteiger partial charge in [0.2, 0.25) is 0 Å². The second-order valence-electron chi connectivity index (χ2n) is 3.89. The Labute approximate surface area is 109 Å². The standard InChI is InChI=1S/C13H13N3O3/c1-19-8-4-7-11-12(14)13(16(17)18)9-5-2-3-6-10(9)15-11/h2-7H,8,14H2,1H3/b7-4+. The van der Waals surface area contributed by atoms with Crippen LogP contribution in [0.5, 0.6) is 0 Å². The minimum Gasteiger partial charge on any atom is -0.391 e. The van der Waals surface area contributed by atoms with Gasteiger partial charge in [-0.15, -0.1) is 0 Å². The van der Waals surface area contributed by atoms with Crippen LogP contribution < -0.4 is 5.73 Å². The van der Waals surface area contributed by atoms with Gasteiger partial charge >= 0.3 is 5.69 Å². The van der Waals surface area contributed by atoms with Gasteiger partial charge in [-0.25, -0.2) is 4.98 Å². The molecule has 0 radical (unpaired) electrons. The Morgan fingerprint density at radius 3 is 2.89 bits per heavy atom. The molecule has 1 heterocycles. The molecule has 1 aromatic heterocycles. The number of anilines is 1. The van der Waals surface area contributed by atoms with Crippen molar-refractivity contribution >= 4 is 28.4 Å². The van der Waals surface area contributed by atoms with E-state index < -0.39 is 4.92 Å². The highest BCUT2D eigenvalue weighted by molar-refractivity contribution is 5.95. The number of nitro groups is 1. The van der Waals surface area contributed by atoms with E-state index in [9.17, 15) is 10.1 Å². The molecule has 0 fully saturated rings. The van der Waals surface area contributed by atoms with Gasteiger partial charge in [-0.05, 0) is 18.2 Å². The lowest BCUT2D eigenvalue weighted by Gasteiger charge is -2.05. The van der Waals surface area contributed by atoms with E-state index in [-0.39, 0.29) is 11.4 Å². The number of methoxy groups -OCH3 is 1. The van der Waals surface area contributed by atoms with Gasteiger partial charge in [0, 0.05) is 7.11 Å². The fourth-order valence-electron chi connectivity index (χ4n) is 1.81. The van der Waals surface area contributed by atoms with Gasteiger partial charge in [0.25, 0.3) is 0 Å². The molecule has 0 amide bonds. The molecule has 0 aliphatic carbocycles. The van der Waals surface area contributed by atoms with Gasteiger partial charge in [0.15, 0.2) is 0 Å². The summed E-state index contributed by atoms with van der Waals surface area (Å²) < 4.78 is 4.88. The first-order chi connectivity index (χ1) is 9.15. The van der Waals surface area contributed by atoms with Crippen LogP contribution in [0.1, 0.15) is 5.69 Å². The summed E-state index contributed by atoms with van der Waals surface area (Å²) in [4.78, 5) is 15.0. The van der Waals surface area contributed by atoms with E-state index in [1.165, 1.54) is 0 Å². The van der Waals surface area contributed by atoms with Crippen molar-refractivity contribution in [1.82, 2.24) is 4.98 Å². The molecule has 98 valence electrons. The highest BCUT2D eigenvalue weighted by atomic mass is 16.6. The third-order valence-electron chi connectivity index (χ3n) is 2.65. The average Bonchev–Trinajstić information content (AvgIpc) is 2.39. The number of para-hydroxylation sites is 1. The number of hydrogen-bond donors (Lipinski definition) is 1. The number of aromatic nitrogens is 1. The number of nitrogens with zero attached hydrogens (tertiary/aromatic N) is 2. The largest absolute Gasteiger partial charge is 0.391 e. The SMILES string of the molecule is COC/C=C/c1nc2ccccc2c([N+](=O)[O-])c1N. The lowest BCUT2D eigenvalue weighted by Crippen LogP contribution is -2.01. The molecule has 2 aromatic rings. The molecule has 0 saturated carbocycles. The van der Waals surface area contributed by atoms with Crippen molar-refractivity contribution in [2.75, 3.05) is 19.5 Å². The van der Waals surface area contributed by atoms with Crippen LogP contribution in [0, 0.1) is 10.1 Å². The van der Waals surface area contributed by atoms with Crippen molar-refractivity contribution in [3.63, 3.8) is 0 Å². The van der Waals surface area contributed by atoms with Crippen LogP contribution in [0.2, 0.25) is 0 Å². The van der Waals surface area contributed by atoms with Crippen LogP contribution in [0.25, 0.3) is 17.0 Å². The minimum absolute atomic E-state index is 0.0658. The lowest BCUT2D eigenvalue weighted by atomic mass is 10.1. The predicted molar refractivity (Wildman–Crippen MR) is 73.7 cm³/mol. The van der Waals surface area contributed by atoms with E-state index in [0.29, 0.717) is 23.2 Å². The third kappa shape index (κ3) is 2.53. The van der Waals surface area contributed by atoms with Crippen molar-refractivity contribution < 1.29 is 9.66 Å². The normalized spacial score (nSPS) is 11.2. The first-order valence-electron chi connectivity index (χ1n) is 5.63. The topological polar surface area (TPSA) is 91.3 Å². The molecule has 0 unspecified atom stereocenters. The maximum absolute atomic E-state index is 11.2. The van der Waals surface area contributed by atoms with E-state index in [1.807, 2.05) is 0 Å². The minimum atomic E-state index is -0.479. The van der Waals surface area contributed by atoms with E-state index in [1.54, 1.807) is 43.5 Å². The molecule has 2 N–H and O–H groups in total. The predicted octanol–water partition coefficient (Wildman–Crippen LogP) is 2.38. The molecule has 0 saturated heterocycles. The Kier molecular flexibility index (Phi) is 3.72. The molecule has 1 aromatic carbocycles. The number of benzene rings is 1. The van der Waals surface area contributed by atoms with Crippen LogP contribution >= 0.6 is 0 Å². The van der Waals surface area contributed by atoms with Crippen molar-refractivity contribution in [2.24, 2.45) is 0 Å². The fourth-order valence-corrected chi connectivity index (χ4v) is 1.81. The Balaban J connectivity index is 2.66. The molecule has 0 bridgehead atoms. The molecule has 6 nitrogen and oxygen atoms in total. The zero-order valence-electron chi connectivity index (χ0n) is 10.4. The average molecular weight is 259 g/mol. The number of fused-ring (bicyclic) bond motifs is 1. The molecular formula is C13H13N3O3. The van der Waals surface area contributed by atoms with E-state index >= 15 is 0 Å². The summed E-state index contributed by atoms with van der Waals surface area (Å²) in [7, 11) is 1.56. The number of hydrogen-bond acceptors (Lipinski definition) is 5. The fraction of sp³-hybridized carbons (Fsp3) is 0.154. The van der Waals surface area contributed by atoms with Gasteiger partial charge in [0.1, 0.15) is 5.69 Å². The van der Waals surface area contributed by atoms with E-state index in [4.69, 9.17) is 10.5 Å². The van der Waals surface area contributed by atoms with Gasteiger partial charge < -0.3 is 10.5 Å². The zero-order chi connectivity index (χ0) is 13.8. The molecule has 6 heteroatoms. The maximum atomic E-state index is 11.2. The molecule has 2 rings (SSSR count). The highest BCUT2D eigenvalue weighted by Crippen LogP contribution is 2.32. The zero-order valence-corrected chi connectivity index (χ0v) is 10.4. The van der Waals surface area contributed by atoms with Crippen molar-refractivity contribution in [2.45, 2.75) is 0 Å². The number of ether oxygens (including phenoxy) is 1. The number of nitrogen functional groups attached to an aromatic ring is 1. The lowest BCUT2D eigenvalue weighted by molar-refractivity contribution is -0.382. The first-order valence-corrected chi connectivity index (χ1v) is 5.63. The number of rotatable bonds is 4. The Morgan fingerprint density at radius 1 is 1.47 bits per heavy atom. The monoisotopic (exact) mass is 259 g/mol. The molecule has 19 heavy (non-hydrogen) atoms. The smallest absolute Gasteiger partial charge is 0.303 e. The summed E-state index contributed by atoms with van der Waals surface area (Å²) in [5.41, 5.74) is 6.71. The van der Waals surface area contributed by atoms with Crippen molar-refractivity contribution in [1.29, 1.82) is 0 Å². The van der Waals surface area contributed by atoms with Crippen LogP contribution in [0.15, 0.2) is 30.3 Å². The highest BCUT2D eigenvalue weighted by Gasteiger charge is 2.20. The molecule has 0 aliphatic rings. The summed E-state index contributed by atoms with van der Waals surface area (Å²) in [6.45, 7) is 0.391. The summed E-state index contributed by atoms with van der Waals surface area (Å²) in [6, 6.07) is 6.85. The Bertz CT molecular complexity index is 653. The number of nitrogens with two attached hydrogens (primary N) is 1. The Morgan fingerprint density at radius 2 is 2.21 bits per heavy atom. The summed E-state index contributed by atoms with van der Waals surface area (Å²) in [5.74, 6) is 0. The molecular weight excluding hydrogens is 246 g/mol. The summed E-state index contributed by atoms with van der Waals surface area (Å²) in [5, 5.41) is 11.6. The number of pyridine rings is 1. The Hall–Kier alpha value is -2.47. The van der Waals surface area contributed by atoms with Gasteiger partial charge in [-0.3, -0.25) is 10.1 Å². The van der Waals surface area contributed by atoms with Gasteiger partial charge in [0.05, 0.1) is 28.1 Å². The molecule has 0 aliphatic heterocycles. The van der Waals surface area contributed by atoms with Crippen LogP contribution in [0.4, 0.5) is 11.4 Å². The molecule has 0 atom stereocenters. The molecule has 0 spiro atoms. The van der Waals surface area contributed by atoms with Crippen molar-refractivity contribution in [3.05, 3.63) is 46.1 Å². The second-order valence-corrected chi connectivity index (χ2v) is 3.89. The summed E-state index contributed by atoms with van der Waals surface area (Å²) in [6.07, 6.45) is 3.33. The third-order valence-corrected chi connectivity index (χ3v) is 2.65. The second kappa shape index (κ2) is 5.45.